The minimum absolute atomic E-state index is 0.00954. The first kappa shape index (κ1) is 25.0. The van der Waals surface area contributed by atoms with E-state index in [1.807, 2.05) is 24.3 Å². The van der Waals surface area contributed by atoms with Crippen molar-refractivity contribution in [3.8, 4) is 0 Å². The van der Waals surface area contributed by atoms with Crippen LogP contribution in [0.15, 0.2) is 24.3 Å². The number of benzene rings is 1. The van der Waals surface area contributed by atoms with Crippen LogP contribution < -0.4 is 5.32 Å². The van der Waals surface area contributed by atoms with E-state index in [1.54, 1.807) is 6.07 Å². The maximum absolute atomic E-state index is 12.7. The number of carbonyl (C=O) groups excluding carboxylic acids is 1. The minimum Gasteiger partial charge on any atom is -0.426 e. The predicted molar refractivity (Wildman–Crippen MR) is 115 cm³/mol. The second-order valence-electron chi connectivity index (χ2n) is 8.92. The highest BCUT2D eigenvalue weighted by Crippen LogP contribution is 2.41. The Hall–Kier alpha value is -2.14. The molecule has 1 aromatic rings. The van der Waals surface area contributed by atoms with E-state index in [0.717, 1.165) is 35.5 Å². The Morgan fingerprint density at radius 3 is 2.44 bits per heavy atom. The highest BCUT2D eigenvalue weighted by Gasteiger charge is 2.60. The summed E-state index contributed by atoms with van der Waals surface area (Å²) in [4.78, 5) is 15.3. The molecule has 3 aliphatic rings. The number of nitrogens with zero attached hydrogens (tertiary/aromatic N) is 2. The van der Waals surface area contributed by atoms with Crippen molar-refractivity contribution in [1.29, 1.82) is 0 Å². The van der Waals surface area contributed by atoms with E-state index in [0.29, 0.717) is 24.4 Å². The quantitative estimate of drug-likeness (QED) is 0.528. The Balaban J connectivity index is 1.37. The summed E-state index contributed by atoms with van der Waals surface area (Å²) in [5.74, 6) is 0. The third-order valence-corrected chi connectivity index (χ3v) is 7.12. The normalized spacial score (nSPS) is 22.7. The molecular formula is C22H24ClF6N3O2. The Morgan fingerprint density at radius 1 is 1.12 bits per heavy atom. The van der Waals surface area contributed by atoms with E-state index in [-0.39, 0.29) is 24.7 Å². The minimum atomic E-state index is -5.73. The Morgan fingerprint density at radius 2 is 1.79 bits per heavy atom. The molecule has 1 amide bonds. The molecule has 0 radical (unpaired) electrons. The molecule has 1 unspecified atom stereocenters. The summed E-state index contributed by atoms with van der Waals surface area (Å²) < 4.78 is 80.3. The van der Waals surface area contributed by atoms with Gasteiger partial charge in [-0.3, -0.25) is 4.90 Å². The number of amides is 1. The molecule has 0 aliphatic carbocycles. The fourth-order valence-electron chi connectivity index (χ4n) is 5.07. The van der Waals surface area contributed by atoms with Gasteiger partial charge in [-0.1, -0.05) is 35.9 Å². The summed E-state index contributed by atoms with van der Waals surface area (Å²) in [5, 5.41) is 4.05. The van der Waals surface area contributed by atoms with E-state index >= 15 is 0 Å². The van der Waals surface area contributed by atoms with Crippen LogP contribution in [0.2, 0.25) is 5.02 Å². The lowest BCUT2D eigenvalue weighted by Crippen LogP contribution is -2.56. The number of rotatable bonds is 3. The molecule has 4 rings (SSSR count). The summed E-state index contributed by atoms with van der Waals surface area (Å²) in [6, 6.07) is 5.62. The third kappa shape index (κ3) is 5.10. The van der Waals surface area contributed by atoms with Gasteiger partial charge in [0.2, 0.25) is 0 Å². The van der Waals surface area contributed by atoms with Gasteiger partial charge in [0.15, 0.2) is 0 Å². The summed E-state index contributed by atoms with van der Waals surface area (Å²) >= 11 is 6.30. The van der Waals surface area contributed by atoms with Crippen LogP contribution in [0, 0.1) is 0 Å². The summed E-state index contributed by atoms with van der Waals surface area (Å²) in [5.41, 5.74) is 1.58. The highest BCUT2D eigenvalue weighted by molar-refractivity contribution is 6.33. The molecule has 1 aromatic carbocycles. The Labute approximate surface area is 197 Å². The summed E-state index contributed by atoms with van der Waals surface area (Å²) in [6.45, 7) is 1.53. The number of ether oxygens (including phenoxy) is 1. The van der Waals surface area contributed by atoms with Crippen molar-refractivity contribution >= 4 is 29.5 Å². The van der Waals surface area contributed by atoms with Crippen molar-refractivity contribution in [3.05, 3.63) is 34.9 Å². The van der Waals surface area contributed by atoms with Gasteiger partial charge < -0.3 is 15.0 Å². The van der Waals surface area contributed by atoms with E-state index in [1.165, 1.54) is 0 Å². The Kier molecular flexibility index (Phi) is 6.71. The van der Waals surface area contributed by atoms with Gasteiger partial charge >= 0.3 is 18.4 Å². The molecule has 0 saturated carbocycles. The molecule has 1 N–H and O–H groups in total. The van der Waals surface area contributed by atoms with Crippen LogP contribution in [0.25, 0.3) is 6.08 Å². The van der Waals surface area contributed by atoms with Crippen molar-refractivity contribution in [1.82, 2.24) is 9.80 Å². The van der Waals surface area contributed by atoms with E-state index in [9.17, 15) is 31.1 Å². The molecule has 0 bridgehead atoms. The second-order valence-corrected chi connectivity index (χ2v) is 9.33. The predicted octanol–water partition coefficient (Wildman–Crippen LogP) is 5.71. The number of carbonyl (C=O) groups is 1. The largest absolute Gasteiger partial charge is 0.434 e. The molecular weight excluding hydrogens is 488 g/mol. The molecule has 1 spiro atoms. The monoisotopic (exact) mass is 511 g/mol. The van der Waals surface area contributed by atoms with Gasteiger partial charge in [0.1, 0.15) is 0 Å². The van der Waals surface area contributed by atoms with Gasteiger partial charge in [0, 0.05) is 25.2 Å². The van der Waals surface area contributed by atoms with E-state index < -0.39 is 24.5 Å². The van der Waals surface area contributed by atoms with Crippen LogP contribution in [-0.4, -0.2) is 72.1 Å². The van der Waals surface area contributed by atoms with Gasteiger partial charge in [0.25, 0.3) is 6.10 Å². The van der Waals surface area contributed by atoms with Crippen molar-refractivity contribution in [2.24, 2.45) is 0 Å². The number of piperidine rings is 1. The van der Waals surface area contributed by atoms with Crippen molar-refractivity contribution in [2.75, 3.05) is 31.5 Å². The molecule has 3 aliphatic heterocycles. The number of fused-ring (bicyclic) bond motifs is 1. The van der Waals surface area contributed by atoms with E-state index in [4.69, 9.17) is 11.6 Å². The number of anilines is 1. The number of hydrogen-bond acceptors (Lipinski definition) is 4. The number of likely N-dealkylation sites (tertiary alicyclic amines) is 2. The molecule has 0 aromatic heterocycles. The van der Waals surface area contributed by atoms with Crippen LogP contribution in [0.3, 0.4) is 0 Å². The van der Waals surface area contributed by atoms with Gasteiger partial charge in [-0.05, 0) is 43.9 Å². The zero-order valence-electron chi connectivity index (χ0n) is 18.1. The molecule has 2 fully saturated rings. The molecule has 34 heavy (non-hydrogen) atoms. The lowest BCUT2D eigenvalue weighted by molar-refractivity contribution is -0.308. The highest BCUT2D eigenvalue weighted by atomic mass is 35.5. The molecule has 12 heteroatoms. The first-order valence-corrected chi connectivity index (χ1v) is 11.3. The van der Waals surface area contributed by atoms with Crippen molar-refractivity contribution in [2.45, 2.75) is 55.7 Å². The number of nitrogens with one attached hydrogen (secondary N) is 1. The first-order valence-electron chi connectivity index (χ1n) is 11.0. The lowest BCUT2D eigenvalue weighted by atomic mass is 9.84. The standard InChI is InChI=1S/C22H24ClF6N3O2/c23-16-4-1-3-14-5-6-15(30-17(14)16)13-32-10-2-7-20(32)8-11-31(12-9-20)19(33)34-18(21(24,25)26)22(27,28)29/h1,3-6,15,18,30H,2,7-13H2. The van der Waals surface area contributed by atoms with Crippen molar-refractivity contribution in [3.63, 3.8) is 0 Å². The lowest BCUT2D eigenvalue weighted by Gasteiger charge is -2.46. The molecule has 5 nitrogen and oxygen atoms in total. The topological polar surface area (TPSA) is 44.8 Å². The third-order valence-electron chi connectivity index (χ3n) is 6.81. The van der Waals surface area contributed by atoms with Gasteiger partial charge in [-0.25, -0.2) is 4.79 Å². The number of para-hydroxylation sites is 1. The van der Waals surface area contributed by atoms with Crippen LogP contribution >= 0.6 is 11.6 Å². The second kappa shape index (κ2) is 9.14. The molecule has 1 atom stereocenters. The van der Waals surface area contributed by atoms with Crippen LogP contribution in [0.1, 0.15) is 31.2 Å². The number of alkyl halides is 6. The Bertz CT molecular complexity index is 930. The zero-order chi connectivity index (χ0) is 24.7. The van der Waals surface area contributed by atoms with Gasteiger partial charge in [-0.15, -0.1) is 0 Å². The maximum Gasteiger partial charge on any atom is 0.434 e. The van der Waals surface area contributed by atoms with Crippen molar-refractivity contribution < 1.29 is 35.9 Å². The average molecular weight is 512 g/mol. The van der Waals surface area contributed by atoms with Crippen LogP contribution in [0.4, 0.5) is 36.8 Å². The molecule has 188 valence electrons. The fourth-order valence-corrected chi connectivity index (χ4v) is 5.31. The fraction of sp³-hybridized carbons (Fsp3) is 0.591. The smallest absolute Gasteiger partial charge is 0.426 e. The number of hydrogen-bond donors (Lipinski definition) is 1. The van der Waals surface area contributed by atoms with Crippen LogP contribution in [0.5, 0.6) is 0 Å². The van der Waals surface area contributed by atoms with E-state index in [2.05, 4.69) is 15.0 Å². The van der Waals surface area contributed by atoms with Gasteiger partial charge in [-0.2, -0.15) is 26.3 Å². The summed E-state index contributed by atoms with van der Waals surface area (Å²) in [7, 11) is 0. The molecule has 2 saturated heterocycles. The van der Waals surface area contributed by atoms with Gasteiger partial charge in [0.05, 0.1) is 16.8 Å². The molecule has 3 heterocycles. The summed E-state index contributed by atoms with van der Waals surface area (Å²) in [6.07, 6.45) is -10.5. The zero-order valence-corrected chi connectivity index (χ0v) is 18.8. The SMILES string of the molecule is O=C(OC(C(F)(F)F)C(F)(F)F)N1CCC2(CCCN2CC2C=Cc3cccc(Cl)c3N2)CC1. The first-order chi connectivity index (χ1) is 15.9. The average Bonchev–Trinajstić information content (AvgIpc) is 3.12. The number of halogens is 7. The maximum atomic E-state index is 12.7. The van der Waals surface area contributed by atoms with Crippen LogP contribution in [-0.2, 0) is 4.74 Å².